The van der Waals surface area contributed by atoms with Gasteiger partial charge in [-0.25, -0.2) is 0 Å². The molecule has 0 radical (unpaired) electrons. The van der Waals surface area contributed by atoms with E-state index in [1.165, 1.54) is 0 Å². The van der Waals surface area contributed by atoms with Crippen LogP contribution in [0.1, 0.15) is 0 Å². The van der Waals surface area contributed by atoms with E-state index in [1.54, 1.807) is 0 Å². The maximum Gasteiger partial charge on any atom is 0.406 e. The van der Waals surface area contributed by atoms with Gasteiger partial charge in [-0.1, -0.05) is 0 Å². The Morgan fingerprint density at radius 3 is 1.86 bits per heavy atom. The van der Waals surface area contributed by atoms with Crippen molar-refractivity contribution in [3.05, 3.63) is 0 Å². The Morgan fingerprint density at radius 2 is 1.86 bits per heavy atom. The molecule has 2 nitrogen and oxygen atoms in total. The van der Waals surface area contributed by atoms with Crippen molar-refractivity contribution >= 4 is 8.32 Å². The van der Waals surface area contributed by atoms with Crippen LogP contribution in [0.15, 0.2) is 0 Å². The molecule has 4 heteroatoms. The largest absolute Gasteiger partial charge is 0.551 e. The SMILES string of the molecule is C[Si](C)(C)O[Br+][O-]. The first-order valence-corrected chi connectivity index (χ1v) is 6.72. The molecule has 0 amide bonds. The van der Waals surface area contributed by atoms with Gasteiger partial charge in [0, 0.05) is 0 Å². The molecule has 0 fully saturated rings. The van der Waals surface area contributed by atoms with Crippen LogP contribution >= 0.6 is 0 Å². The average Bonchev–Trinajstić information content (AvgIpc) is 1.30. The van der Waals surface area contributed by atoms with E-state index in [9.17, 15) is 4.20 Å². The summed E-state index contributed by atoms with van der Waals surface area (Å²) in [5.74, 6) is 0. The molecule has 0 rings (SSSR count). The van der Waals surface area contributed by atoms with E-state index in [0.29, 0.717) is 0 Å². The molecule has 0 aliphatic carbocycles. The maximum atomic E-state index is 9.79. The van der Waals surface area contributed by atoms with Crippen molar-refractivity contribution in [1.82, 2.24) is 0 Å². The summed E-state index contributed by atoms with van der Waals surface area (Å²) in [6.07, 6.45) is 0. The Bertz CT molecular complexity index is 51.4. The smallest absolute Gasteiger partial charge is 0.406 e. The zero-order valence-corrected chi connectivity index (χ0v) is 7.28. The van der Waals surface area contributed by atoms with Crippen LogP contribution in [0.4, 0.5) is 0 Å². The van der Waals surface area contributed by atoms with E-state index in [-0.39, 0.29) is 0 Å². The lowest BCUT2D eigenvalue weighted by molar-refractivity contribution is -1.25. The topological polar surface area (TPSA) is 32.3 Å². The molecular weight excluding hydrogens is 176 g/mol. The highest BCUT2D eigenvalue weighted by molar-refractivity contribution is 6.69. The van der Waals surface area contributed by atoms with Gasteiger partial charge in [-0.3, -0.25) is 0 Å². The zero-order valence-electron chi connectivity index (χ0n) is 4.69. The van der Waals surface area contributed by atoms with Gasteiger partial charge in [0.2, 0.25) is 0 Å². The Balaban J connectivity index is 3.15. The lowest BCUT2D eigenvalue weighted by atomic mass is 11.8. The van der Waals surface area contributed by atoms with Crippen molar-refractivity contribution in [2.45, 2.75) is 19.6 Å². The van der Waals surface area contributed by atoms with Crippen LogP contribution in [0, 0.1) is 15.5 Å². The third kappa shape index (κ3) is 6.62. The van der Waals surface area contributed by atoms with Crippen molar-refractivity contribution in [3.8, 4) is 0 Å². The molecule has 0 saturated heterocycles. The van der Waals surface area contributed by atoms with Gasteiger partial charge in [-0.15, -0.1) is 0 Å². The fourth-order valence-corrected chi connectivity index (χ4v) is 1.47. The molecular formula is C3H9BrO2Si. The van der Waals surface area contributed by atoms with Gasteiger partial charge in [0.05, 0.1) is 0 Å². The minimum atomic E-state index is -1.46. The summed E-state index contributed by atoms with van der Waals surface area (Å²) in [4.78, 5) is 0. The quantitative estimate of drug-likeness (QED) is 0.572. The third-order valence-corrected chi connectivity index (χ3v) is 4.10. The van der Waals surface area contributed by atoms with Gasteiger partial charge < -0.3 is 4.20 Å². The Kier molecular flexibility index (Phi) is 3.06. The normalized spacial score (nSPS) is 12.0. The number of halogens is 1. The third-order valence-electron chi connectivity index (χ3n) is 0.263. The fraction of sp³-hybridized carbons (Fsp3) is 1.00. The predicted molar refractivity (Wildman–Crippen MR) is 24.4 cm³/mol. The summed E-state index contributed by atoms with van der Waals surface area (Å²) in [7, 11) is -1.46. The second-order valence-electron chi connectivity index (χ2n) is 2.25. The van der Waals surface area contributed by atoms with Gasteiger partial charge in [-0.2, -0.15) is 3.52 Å². The second kappa shape index (κ2) is 2.81. The molecule has 0 atom stereocenters. The van der Waals surface area contributed by atoms with Gasteiger partial charge >= 0.3 is 15.5 Å². The van der Waals surface area contributed by atoms with Crippen LogP contribution in [-0.2, 0) is 3.52 Å². The summed E-state index contributed by atoms with van der Waals surface area (Å²) in [6.45, 7) is 6.00. The van der Waals surface area contributed by atoms with E-state index in [1.807, 2.05) is 19.6 Å². The highest BCUT2D eigenvalue weighted by Crippen LogP contribution is 1.99. The molecule has 0 N–H and O–H groups in total. The molecule has 0 aromatic carbocycles. The number of rotatable bonds is 2. The number of hydrogen-bond acceptors (Lipinski definition) is 2. The highest BCUT2D eigenvalue weighted by atomic mass is 79.9. The average molecular weight is 185 g/mol. The Hall–Kier alpha value is 0.617. The van der Waals surface area contributed by atoms with Crippen LogP contribution < -0.4 is 4.20 Å². The van der Waals surface area contributed by atoms with E-state index >= 15 is 0 Å². The first kappa shape index (κ1) is 7.62. The first-order valence-electron chi connectivity index (χ1n) is 2.01. The molecule has 0 unspecified atom stereocenters. The molecule has 0 heterocycles. The molecule has 44 valence electrons. The number of hydrogen-bond donors (Lipinski definition) is 0. The summed E-state index contributed by atoms with van der Waals surface area (Å²) < 4.78 is 14.6. The van der Waals surface area contributed by atoms with E-state index < -0.39 is 23.9 Å². The Labute approximate surface area is 51.8 Å². The van der Waals surface area contributed by atoms with Gasteiger partial charge in [0.15, 0.2) is 0 Å². The van der Waals surface area contributed by atoms with Crippen LogP contribution in [-0.4, -0.2) is 8.32 Å². The van der Waals surface area contributed by atoms with Crippen molar-refractivity contribution in [2.24, 2.45) is 0 Å². The van der Waals surface area contributed by atoms with Crippen LogP contribution in [0.25, 0.3) is 0 Å². The second-order valence-corrected chi connectivity index (χ2v) is 7.87. The summed E-state index contributed by atoms with van der Waals surface area (Å²) in [5.41, 5.74) is 0. The van der Waals surface area contributed by atoms with Crippen molar-refractivity contribution in [3.63, 3.8) is 0 Å². The van der Waals surface area contributed by atoms with Gasteiger partial charge in [0.25, 0.3) is 8.32 Å². The monoisotopic (exact) mass is 184 g/mol. The van der Waals surface area contributed by atoms with Crippen molar-refractivity contribution < 1.29 is 23.3 Å². The highest BCUT2D eigenvalue weighted by Gasteiger charge is 2.20. The molecule has 0 bridgehead atoms. The zero-order chi connectivity index (χ0) is 5.91. The molecule has 0 aromatic heterocycles. The lowest BCUT2D eigenvalue weighted by Crippen LogP contribution is -2.27. The van der Waals surface area contributed by atoms with Crippen LogP contribution in [0.3, 0.4) is 0 Å². The lowest BCUT2D eigenvalue weighted by Gasteiger charge is -2.03. The standard InChI is InChI=1S/C3H9BrO2Si/c1-7(2,3)6-4-5/h1-3H3. The molecule has 0 aromatic rings. The maximum absolute atomic E-state index is 9.79. The minimum Gasteiger partial charge on any atom is -0.551 e. The molecule has 0 saturated carbocycles. The molecule has 7 heavy (non-hydrogen) atoms. The van der Waals surface area contributed by atoms with Gasteiger partial charge in [0.1, 0.15) is 0 Å². The van der Waals surface area contributed by atoms with E-state index in [2.05, 4.69) is 0 Å². The van der Waals surface area contributed by atoms with E-state index in [0.717, 1.165) is 0 Å². The molecule has 0 aliphatic heterocycles. The summed E-state index contributed by atoms with van der Waals surface area (Å²) in [5, 5.41) is 0. The van der Waals surface area contributed by atoms with Crippen LogP contribution in [0.2, 0.25) is 19.6 Å². The predicted octanol–water partition coefficient (Wildman–Crippen LogP) is 0.113. The van der Waals surface area contributed by atoms with Gasteiger partial charge in [-0.05, 0) is 19.6 Å². The Morgan fingerprint density at radius 1 is 1.43 bits per heavy atom. The van der Waals surface area contributed by atoms with Crippen LogP contribution in [0.5, 0.6) is 0 Å². The van der Waals surface area contributed by atoms with Crippen molar-refractivity contribution in [2.75, 3.05) is 0 Å². The summed E-state index contributed by atoms with van der Waals surface area (Å²) in [6, 6.07) is 0. The minimum absolute atomic E-state index is 0.604. The molecule has 0 aliphatic rings. The van der Waals surface area contributed by atoms with Crippen molar-refractivity contribution in [1.29, 1.82) is 0 Å². The van der Waals surface area contributed by atoms with E-state index in [4.69, 9.17) is 3.52 Å². The first-order chi connectivity index (χ1) is 3.06. The molecule has 0 spiro atoms. The fourth-order valence-electron chi connectivity index (χ4n) is 0.0945. The summed E-state index contributed by atoms with van der Waals surface area (Å²) >= 11 is -0.604.